The Morgan fingerprint density at radius 2 is 1.83 bits per heavy atom. The molecule has 24 heavy (non-hydrogen) atoms. The van der Waals surface area contributed by atoms with Crippen LogP contribution in [-0.4, -0.2) is 34.2 Å². The maximum Gasteiger partial charge on any atom is 0.240 e. The normalized spacial score (nSPS) is 12.0. The molecule has 8 heteroatoms. The summed E-state index contributed by atoms with van der Waals surface area (Å²) in [4.78, 5) is 23.3. The van der Waals surface area contributed by atoms with Gasteiger partial charge in [0.1, 0.15) is 5.25 Å². The average molecular weight is 364 g/mol. The number of nitrogens with zero attached hydrogens (tertiary/aromatic N) is 2. The number of hydrogen-bond donors (Lipinski definition) is 2. The van der Waals surface area contributed by atoms with Crippen molar-refractivity contribution in [3.8, 4) is 0 Å². The number of carbonyl (C=O) groups excluding carboxylic acids is 2. The molecule has 6 nitrogen and oxygen atoms in total. The fourth-order valence-electron chi connectivity index (χ4n) is 1.94. The van der Waals surface area contributed by atoms with Crippen LogP contribution in [0.15, 0.2) is 28.6 Å². The van der Waals surface area contributed by atoms with Crippen LogP contribution in [-0.2, 0) is 9.59 Å². The van der Waals surface area contributed by atoms with Crippen molar-refractivity contribution in [1.82, 2.24) is 15.5 Å². The maximum absolute atomic E-state index is 11.7. The highest BCUT2D eigenvalue weighted by Gasteiger charge is 2.25. The molecule has 0 spiro atoms. The van der Waals surface area contributed by atoms with Gasteiger partial charge in [-0.25, -0.2) is 0 Å². The lowest BCUT2D eigenvalue weighted by Gasteiger charge is -2.08. The van der Waals surface area contributed by atoms with E-state index in [1.165, 1.54) is 30.9 Å². The third kappa shape index (κ3) is 4.78. The van der Waals surface area contributed by atoms with E-state index >= 15 is 0 Å². The molecule has 128 valence electrons. The fourth-order valence-corrected chi connectivity index (χ4v) is 3.83. The van der Waals surface area contributed by atoms with Gasteiger partial charge in [0, 0.05) is 12.7 Å². The Kier molecular flexibility index (Phi) is 6.33. The van der Waals surface area contributed by atoms with Crippen LogP contribution < -0.4 is 10.6 Å². The summed E-state index contributed by atoms with van der Waals surface area (Å²) in [5.74, 6) is -0.0633. The zero-order chi connectivity index (χ0) is 17.7. The molecule has 0 unspecified atom stereocenters. The quantitative estimate of drug-likeness (QED) is 0.580. The van der Waals surface area contributed by atoms with Crippen LogP contribution >= 0.6 is 23.1 Å². The fraction of sp³-hybridized carbons (Fsp3) is 0.375. The number of Topliss-reactive ketones (excluding diaryl/α,β-unsaturated/α-hetero) is 1. The van der Waals surface area contributed by atoms with Crippen LogP contribution in [0.1, 0.15) is 32.3 Å². The van der Waals surface area contributed by atoms with Crippen LogP contribution in [0.3, 0.4) is 0 Å². The maximum atomic E-state index is 11.7. The van der Waals surface area contributed by atoms with Gasteiger partial charge in [-0.15, -0.1) is 10.2 Å². The number of benzene rings is 1. The lowest BCUT2D eigenvalue weighted by molar-refractivity contribution is -0.126. The van der Waals surface area contributed by atoms with E-state index in [9.17, 15) is 9.59 Å². The second kappa shape index (κ2) is 8.25. The minimum absolute atomic E-state index is 0.215. The van der Waals surface area contributed by atoms with Crippen molar-refractivity contribution in [3.05, 3.63) is 29.8 Å². The van der Waals surface area contributed by atoms with Gasteiger partial charge in [-0.3, -0.25) is 9.59 Å². The van der Waals surface area contributed by atoms with Gasteiger partial charge in [0.15, 0.2) is 10.1 Å². The largest absolute Gasteiger partial charge is 0.358 e. The summed E-state index contributed by atoms with van der Waals surface area (Å²) >= 11 is 2.42. The van der Waals surface area contributed by atoms with Crippen LogP contribution in [0.2, 0.25) is 0 Å². The molecule has 0 bridgehead atoms. The summed E-state index contributed by atoms with van der Waals surface area (Å²) in [5.41, 5.74) is 2.19. The predicted molar refractivity (Wildman–Crippen MR) is 98.1 cm³/mol. The van der Waals surface area contributed by atoms with Gasteiger partial charge in [0.2, 0.25) is 11.0 Å². The molecule has 1 aromatic carbocycles. The first-order valence-electron chi connectivity index (χ1n) is 7.50. The second-order valence-corrected chi connectivity index (χ2v) is 7.83. The second-order valence-electron chi connectivity index (χ2n) is 5.50. The Bertz CT molecular complexity index is 713. The van der Waals surface area contributed by atoms with E-state index in [0.29, 0.717) is 15.4 Å². The lowest BCUT2D eigenvalue weighted by Crippen LogP contribution is -2.34. The van der Waals surface area contributed by atoms with Gasteiger partial charge >= 0.3 is 0 Å². The van der Waals surface area contributed by atoms with Crippen LogP contribution in [0.25, 0.3) is 0 Å². The molecule has 0 aliphatic heterocycles. The van der Waals surface area contributed by atoms with Gasteiger partial charge in [0.05, 0.1) is 0 Å². The Morgan fingerprint density at radius 3 is 2.38 bits per heavy atom. The van der Waals surface area contributed by atoms with Crippen molar-refractivity contribution in [1.29, 1.82) is 0 Å². The Balaban J connectivity index is 2.04. The number of amides is 1. The highest BCUT2D eigenvalue weighted by molar-refractivity contribution is 8.03. The lowest BCUT2D eigenvalue weighted by atomic mass is 10.0. The van der Waals surface area contributed by atoms with Gasteiger partial charge < -0.3 is 10.6 Å². The third-order valence-electron chi connectivity index (χ3n) is 3.31. The van der Waals surface area contributed by atoms with Gasteiger partial charge in [-0.1, -0.05) is 49.1 Å². The summed E-state index contributed by atoms with van der Waals surface area (Å²) in [7, 11) is 1.51. The number of aromatic nitrogens is 2. The van der Waals surface area contributed by atoms with E-state index in [1.54, 1.807) is 0 Å². The molecular weight excluding hydrogens is 344 g/mol. The minimum atomic E-state index is -0.805. The topological polar surface area (TPSA) is 84.0 Å². The zero-order valence-corrected chi connectivity index (χ0v) is 15.6. The smallest absolute Gasteiger partial charge is 0.240 e. The van der Waals surface area contributed by atoms with Crippen LogP contribution in [0.4, 0.5) is 10.8 Å². The number of hydrogen-bond acceptors (Lipinski definition) is 7. The molecule has 1 aromatic heterocycles. The number of thioether (sulfide) groups is 1. The standard InChI is InChI=1S/C16H20N4O2S2/c1-9(2)11-5-7-12(8-6-11)18-15-19-20-16(24-15)23-13(10(3)21)14(22)17-4/h5-9,13H,1-4H3,(H,17,22)(H,18,19)/t13-/m1/s1. The summed E-state index contributed by atoms with van der Waals surface area (Å²) in [6, 6.07) is 8.13. The molecule has 1 atom stereocenters. The number of anilines is 2. The van der Waals surface area contributed by atoms with Crippen molar-refractivity contribution in [2.75, 3.05) is 12.4 Å². The molecule has 0 radical (unpaired) electrons. The van der Waals surface area contributed by atoms with Crippen molar-refractivity contribution >= 4 is 45.6 Å². The average Bonchev–Trinajstić information content (AvgIpc) is 2.99. The Hall–Kier alpha value is -1.93. The van der Waals surface area contributed by atoms with E-state index in [4.69, 9.17) is 0 Å². The molecule has 0 fully saturated rings. The molecule has 2 aromatic rings. The number of nitrogens with one attached hydrogen (secondary N) is 2. The first-order chi connectivity index (χ1) is 11.4. The first-order valence-corrected chi connectivity index (χ1v) is 9.19. The molecule has 1 heterocycles. The summed E-state index contributed by atoms with van der Waals surface area (Å²) in [6.45, 7) is 5.69. The van der Waals surface area contributed by atoms with E-state index in [0.717, 1.165) is 17.4 Å². The van der Waals surface area contributed by atoms with E-state index in [2.05, 4.69) is 46.8 Å². The molecule has 1 amide bonds. The van der Waals surface area contributed by atoms with Crippen molar-refractivity contribution in [2.45, 2.75) is 36.3 Å². The van der Waals surface area contributed by atoms with Crippen LogP contribution in [0, 0.1) is 0 Å². The Morgan fingerprint density at radius 1 is 1.17 bits per heavy atom. The highest BCUT2D eigenvalue weighted by atomic mass is 32.2. The molecule has 0 saturated carbocycles. The number of carbonyl (C=O) groups is 2. The Labute approximate surface area is 149 Å². The summed E-state index contributed by atoms with van der Waals surface area (Å²) in [5, 5.41) is 13.6. The van der Waals surface area contributed by atoms with Crippen LogP contribution in [0.5, 0.6) is 0 Å². The summed E-state index contributed by atoms with van der Waals surface area (Å²) in [6.07, 6.45) is 0. The van der Waals surface area contributed by atoms with Crippen molar-refractivity contribution in [2.24, 2.45) is 0 Å². The third-order valence-corrected chi connectivity index (χ3v) is 5.54. The molecule has 0 aliphatic rings. The van der Waals surface area contributed by atoms with E-state index in [1.807, 2.05) is 12.1 Å². The van der Waals surface area contributed by atoms with Gasteiger partial charge in [-0.05, 0) is 30.5 Å². The van der Waals surface area contributed by atoms with Gasteiger partial charge in [0.25, 0.3) is 0 Å². The predicted octanol–water partition coefficient (Wildman–Crippen LogP) is 3.20. The highest BCUT2D eigenvalue weighted by Crippen LogP contribution is 2.31. The number of ketones is 1. The first kappa shape index (κ1) is 18.4. The van der Waals surface area contributed by atoms with Crippen molar-refractivity contribution < 1.29 is 9.59 Å². The van der Waals surface area contributed by atoms with Crippen molar-refractivity contribution in [3.63, 3.8) is 0 Å². The van der Waals surface area contributed by atoms with E-state index in [-0.39, 0.29) is 11.7 Å². The molecular formula is C16H20N4O2S2. The summed E-state index contributed by atoms with van der Waals surface area (Å²) < 4.78 is 0.570. The number of rotatable bonds is 7. The molecule has 0 aliphatic carbocycles. The molecule has 0 saturated heterocycles. The molecule has 2 N–H and O–H groups in total. The molecule has 2 rings (SSSR count). The zero-order valence-electron chi connectivity index (χ0n) is 14.0. The van der Waals surface area contributed by atoms with Gasteiger partial charge in [-0.2, -0.15) is 0 Å². The van der Waals surface area contributed by atoms with E-state index < -0.39 is 5.25 Å². The monoisotopic (exact) mass is 364 g/mol. The SMILES string of the molecule is CNC(=O)[C@H](Sc1nnc(Nc2ccc(C(C)C)cc2)s1)C(C)=O. The minimum Gasteiger partial charge on any atom is -0.358 e.